The van der Waals surface area contributed by atoms with E-state index in [2.05, 4.69) is 15.9 Å². The van der Waals surface area contributed by atoms with Crippen molar-refractivity contribution in [1.82, 2.24) is 4.90 Å². The highest BCUT2D eigenvalue weighted by atomic mass is 79.9. The minimum absolute atomic E-state index is 0.186. The molecule has 1 saturated heterocycles. The van der Waals surface area contributed by atoms with Gasteiger partial charge in [-0.25, -0.2) is 4.79 Å². The first-order valence-corrected chi connectivity index (χ1v) is 13.0. The van der Waals surface area contributed by atoms with Crippen LogP contribution in [0.5, 0.6) is 11.5 Å². The molecule has 1 aliphatic rings. The summed E-state index contributed by atoms with van der Waals surface area (Å²) >= 11 is 10.4. The van der Waals surface area contributed by atoms with E-state index in [0.29, 0.717) is 27.3 Å². The van der Waals surface area contributed by atoms with Gasteiger partial charge < -0.3 is 9.47 Å². The SMILES string of the molecule is CCOc1cc(/C=C2\SC(=O)N(Cc3ccc(C)cc3)C2=O)cc(Br)c1OC(=O)c1ccccc1Cl. The smallest absolute Gasteiger partial charge is 0.345 e. The molecule has 0 bridgehead atoms. The van der Waals surface area contributed by atoms with Gasteiger partial charge in [0, 0.05) is 0 Å². The summed E-state index contributed by atoms with van der Waals surface area (Å²) in [4.78, 5) is 39.8. The molecule has 184 valence electrons. The third-order valence-electron chi connectivity index (χ3n) is 5.25. The average molecular weight is 587 g/mol. The number of ether oxygens (including phenoxy) is 2. The maximum Gasteiger partial charge on any atom is 0.345 e. The lowest BCUT2D eigenvalue weighted by Gasteiger charge is -2.14. The molecule has 1 heterocycles. The van der Waals surface area contributed by atoms with Gasteiger partial charge in [-0.1, -0.05) is 53.6 Å². The first-order chi connectivity index (χ1) is 17.3. The Morgan fingerprint density at radius 1 is 1.11 bits per heavy atom. The second kappa shape index (κ2) is 11.3. The predicted octanol–water partition coefficient (Wildman–Crippen LogP) is 7.27. The molecular weight excluding hydrogens is 566 g/mol. The summed E-state index contributed by atoms with van der Waals surface area (Å²) in [6.07, 6.45) is 1.62. The number of imide groups is 1. The maximum atomic E-state index is 13.0. The minimum atomic E-state index is -0.632. The summed E-state index contributed by atoms with van der Waals surface area (Å²) in [5.74, 6) is -0.509. The number of hydrogen-bond donors (Lipinski definition) is 0. The lowest BCUT2D eigenvalue weighted by atomic mass is 10.1. The van der Waals surface area contributed by atoms with Crippen molar-refractivity contribution in [2.24, 2.45) is 0 Å². The number of halogens is 2. The van der Waals surface area contributed by atoms with Crippen molar-refractivity contribution in [3.05, 3.63) is 97.3 Å². The highest BCUT2D eigenvalue weighted by Gasteiger charge is 2.35. The molecule has 3 aromatic carbocycles. The number of carbonyl (C=O) groups excluding carboxylic acids is 3. The number of amides is 2. The van der Waals surface area contributed by atoms with Crippen molar-refractivity contribution >= 4 is 62.5 Å². The summed E-state index contributed by atoms with van der Waals surface area (Å²) in [6, 6.07) is 17.6. The molecule has 2 amide bonds. The minimum Gasteiger partial charge on any atom is -0.490 e. The summed E-state index contributed by atoms with van der Waals surface area (Å²) in [5, 5.41) is -0.0595. The molecule has 1 aliphatic heterocycles. The number of benzene rings is 3. The van der Waals surface area contributed by atoms with Gasteiger partial charge in [0.05, 0.1) is 33.1 Å². The summed E-state index contributed by atoms with van der Waals surface area (Å²) in [7, 11) is 0. The highest BCUT2D eigenvalue weighted by Crippen LogP contribution is 2.40. The number of aryl methyl sites for hydroxylation is 1. The lowest BCUT2D eigenvalue weighted by Crippen LogP contribution is -2.27. The van der Waals surface area contributed by atoms with Gasteiger partial charge >= 0.3 is 5.97 Å². The Morgan fingerprint density at radius 3 is 2.53 bits per heavy atom. The van der Waals surface area contributed by atoms with Crippen LogP contribution in [0.1, 0.15) is 34.0 Å². The Hall–Kier alpha value is -3.07. The van der Waals surface area contributed by atoms with Crippen molar-refractivity contribution in [3.8, 4) is 11.5 Å². The van der Waals surface area contributed by atoms with Crippen molar-refractivity contribution in [1.29, 1.82) is 0 Å². The van der Waals surface area contributed by atoms with Gasteiger partial charge in [-0.3, -0.25) is 14.5 Å². The standard InChI is InChI=1S/C27H21BrClNO5S/c1-3-34-22-13-18(12-20(28)24(22)35-26(32)19-6-4-5-7-21(19)29)14-23-25(31)30(27(33)36-23)15-17-10-8-16(2)9-11-17/h4-14H,3,15H2,1-2H3/b23-14-. The molecular formula is C27H21BrClNO5S. The fraction of sp³-hybridized carbons (Fsp3) is 0.148. The number of nitrogens with zero attached hydrogens (tertiary/aromatic N) is 1. The zero-order chi connectivity index (χ0) is 25.8. The number of rotatable bonds is 7. The number of carbonyl (C=O) groups is 3. The Bertz CT molecular complexity index is 1370. The van der Waals surface area contributed by atoms with E-state index in [4.69, 9.17) is 21.1 Å². The molecule has 3 aromatic rings. The average Bonchev–Trinajstić information content (AvgIpc) is 3.10. The molecule has 0 aliphatic carbocycles. The number of esters is 1. The van der Waals surface area contributed by atoms with Crippen molar-refractivity contribution in [3.63, 3.8) is 0 Å². The van der Waals surface area contributed by atoms with E-state index < -0.39 is 5.97 Å². The van der Waals surface area contributed by atoms with Crippen molar-refractivity contribution in [2.45, 2.75) is 20.4 Å². The van der Waals surface area contributed by atoms with Gasteiger partial charge in [0.1, 0.15) is 0 Å². The highest BCUT2D eigenvalue weighted by molar-refractivity contribution is 9.10. The second-order valence-electron chi connectivity index (χ2n) is 7.89. The van der Waals surface area contributed by atoms with Gasteiger partial charge in [-0.05, 0) is 83.0 Å². The molecule has 6 nitrogen and oxygen atoms in total. The van der Waals surface area contributed by atoms with Crippen LogP contribution in [0.3, 0.4) is 0 Å². The van der Waals surface area contributed by atoms with E-state index in [0.717, 1.165) is 22.9 Å². The third kappa shape index (κ3) is 5.83. The molecule has 0 unspecified atom stereocenters. The molecule has 36 heavy (non-hydrogen) atoms. The van der Waals surface area contributed by atoms with Gasteiger partial charge in [-0.15, -0.1) is 0 Å². The summed E-state index contributed by atoms with van der Waals surface area (Å²) in [5.41, 5.74) is 2.79. The number of hydrogen-bond acceptors (Lipinski definition) is 6. The van der Waals surface area contributed by atoms with E-state index >= 15 is 0 Å². The van der Waals surface area contributed by atoms with Gasteiger partial charge in [-0.2, -0.15) is 0 Å². The third-order valence-corrected chi connectivity index (χ3v) is 7.08. The molecule has 0 N–H and O–H groups in total. The van der Waals surface area contributed by atoms with E-state index in [-0.39, 0.29) is 34.0 Å². The van der Waals surface area contributed by atoms with Crippen LogP contribution in [0.4, 0.5) is 4.79 Å². The molecule has 0 radical (unpaired) electrons. The van der Waals surface area contributed by atoms with Crippen LogP contribution in [0.2, 0.25) is 5.02 Å². The van der Waals surface area contributed by atoms with Gasteiger partial charge in [0.15, 0.2) is 11.5 Å². The molecule has 4 rings (SSSR count). The molecule has 0 atom stereocenters. The van der Waals surface area contributed by atoms with E-state index in [1.165, 1.54) is 4.90 Å². The van der Waals surface area contributed by atoms with E-state index in [1.807, 2.05) is 31.2 Å². The number of thioether (sulfide) groups is 1. The molecule has 9 heteroatoms. The topological polar surface area (TPSA) is 72.9 Å². The summed E-state index contributed by atoms with van der Waals surface area (Å²) < 4.78 is 11.8. The first-order valence-electron chi connectivity index (χ1n) is 11.0. The Kier molecular flexibility index (Phi) is 8.18. The maximum absolute atomic E-state index is 13.0. The lowest BCUT2D eigenvalue weighted by molar-refractivity contribution is -0.123. The normalized spacial score (nSPS) is 14.4. The van der Waals surface area contributed by atoms with Crippen LogP contribution >= 0.6 is 39.3 Å². The van der Waals surface area contributed by atoms with E-state index in [9.17, 15) is 14.4 Å². The monoisotopic (exact) mass is 585 g/mol. The molecule has 0 spiro atoms. The first kappa shape index (κ1) is 26.0. The van der Waals surface area contributed by atoms with Crippen LogP contribution in [0.15, 0.2) is 70.0 Å². The fourth-order valence-electron chi connectivity index (χ4n) is 3.47. The Balaban J connectivity index is 1.59. The quantitative estimate of drug-likeness (QED) is 0.165. The van der Waals surface area contributed by atoms with Crippen LogP contribution in [-0.4, -0.2) is 28.6 Å². The van der Waals surface area contributed by atoms with Crippen LogP contribution in [-0.2, 0) is 11.3 Å². The fourth-order valence-corrected chi connectivity index (χ4v) is 5.06. The second-order valence-corrected chi connectivity index (χ2v) is 10.1. The van der Waals surface area contributed by atoms with Gasteiger partial charge in [0.25, 0.3) is 11.1 Å². The zero-order valence-electron chi connectivity index (χ0n) is 19.4. The van der Waals surface area contributed by atoms with Gasteiger partial charge in [0.2, 0.25) is 0 Å². The largest absolute Gasteiger partial charge is 0.490 e. The summed E-state index contributed by atoms with van der Waals surface area (Å²) in [6.45, 7) is 4.30. The Morgan fingerprint density at radius 2 is 1.83 bits per heavy atom. The van der Waals surface area contributed by atoms with Crippen molar-refractivity contribution in [2.75, 3.05) is 6.61 Å². The molecule has 0 saturated carbocycles. The van der Waals surface area contributed by atoms with E-state index in [1.54, 1.807) is 49.4 Å². The molecule has 1 fully saturated rings. The van der Waals surface area contributed by atoms with Crippen LogP contribution in [0, 0.1) is 6.92 Å². The zero-order valence-corrected chi connectivity index (χ0v) is 22.6. The van der Waals surface area contributed by atoms with Crippen molar-refractivity contribution < 1.29 is 23.9 Å². The predicted molar refractivity (Wildman–Crippen MR) is 144 cm³/mol. The molecule has 0 aromatic heterocycles. The van der Waals surface area contributed by atoms with Crippen LogP contribution < -0.4 is 9.47 Å². The van der Waals surface area contributed by atoms with Crippen LogP contribution in [0.25, 0.3) is 6.08 Å². The Labute approximate surface area is 226 Å².